The van der Waals surface area contributed by atoms with Crippen molar-refractivity contribution >= 4 is 16.0 Å². The highest BCUT2D eigenvalue weighted by molar-refractivity contribution is 7.90. The maximum Gasteiger partial charge on any atom is 0.320 e. The molecule has 74 valence electrons. The fourth-order valence-corrected chi connectivity index (χ4v) is 1.85. The number of rotatable bonds is 4. The zero-order chi connectivity index (χ0) is 10.7. The van der Waals surface area contributed by atoms with E-state index in [1.54, 1.807) is 0 Å². The molecule has 0 rings (SSSR count). The average Bonchev–Trinajstić information content (AvgIpc) is 1.81. The quantitative estimate of drug-likeness (QED) is 0.600. The Labute approximate surface area is 77.2 Å². The molecule has 0 unspecified atom stereocenters. The van der Waals surface area contributed by atoms with Crippen molar-refractivity contribution in [3.8, 4) is 12.3 Å². The van der Waals surface area contributed by atoms with Crippen molar-refractivity contribution in [2.75, 3.05) is 5.75 Å². The number of carboxylic acid groups (broad SMARTS) is 1. The molecule has 0 aromatic rings. The standard InChI is InChI=1S/C7H11NO4S/c1-4-7(2,3)8-13(11,12)5-6(9)10/h1,8H,5H2,2-3H3,(H,9,10). The number of nitrogens with one attached hydrogen (secondary N) is 1. The smallest absolute Gasteiger partial charge is 0.320 e. The van der Waals surface area contributed by atoms with Crippen LogP contribution in [0.25, 0.3) is 0 Å². The van der Waals surface area contributed by atoms with Crippen molar-refractivity contribution in [2.24, 2.45) is 0 Å². The number of aliphatic carboxylic acids is 1. The van der Waals surface area contributed by atoms with Gasteiger partial charge in [0.25, 0.3) is 0 Å². The van der Waals surface area contributed by atoms with Gasteiger partial charge in [-0.25, -0.2) is 8.42 Å². The zero-order valence-electron chi connectivity index (χ0n) is 7.36. The second kappa shape index (κ2) is 3.77. The van der Waals surface area contributed by atoms with Gasteiger partial charge in [0.15, 0.2) is 5.75 Å². The highest BCUT2D eigenvalue weighted by atomic mass is 32.2. The van der Waals surface area contributed by atoms with E-state index in [1.807, 2.05) is 0 Å². The van der Waals surface area contributed by atoms with Gasteiger partial charge in [-0.3, -0.25) is 4.79 Å². The summed E-state index contributed by atoms with van der Waals surface area (Å²) in [5.41, 5.74) is -1.06. The summed E-state index contributed by atoms with van der Waals surface area (Å²) < 4.78 is 24.1. The molecule has 0 aromatic heterocycles. The molecule has 2 N–H and O–H groups in total. The van der Waals surface area contributed by atoms with E-state index < -0.39 is 27.3 Å². The van der Waals surface area contributed by atoms with Crippen LogP contribution in [0, 0.1) is 12.3 Å². The lowest BCUT2D eigenvalue weighted by atomic mass is 10.1. The number of sulfonamides is 1. The summed E-state index contributed by atoms with van der Waals surface area (Å²) in [7, 11) is -3.84. The minimum Gasteiger partial charge on any atom is -0.480 e. The van der Waals surface area contributed by atoms with E-state index in [0.29, 0.717) is 0 Å². The Balaban J connectivity index is 4.55. The molecule has 0 heterocycles. The molecule has 0 radical (unpaired) electrons. The fourth-order valence-electron chi connectivity index (χ4n) is 0.617. The lowest BCUT2D eigenvalue weighted by Gasteiger charge is -2.18. The molecular weight excluding hydrogens is 194 g/mol. The number of hydrogen-bond donors (Lipinski definition) is 2. The van der Waals surface area contributed by atoms with Crippen LogP contribution in [0.4, 0.5) is 0 Å². The third-order valence-corrected chi connectivity index (χ3v) is 2.53. The van der Waals surface area contributed by atoms with E-state index >= 15 is 0 Å². The summed E-state index contributed by atoms with van der Waals surface area (Å²) in [5.74, 6) is -0.203. The van der Waals surface area contributed by atoms with E-state index in [9.17, 15) is 13.2 Å². The van der Waals surface area contributed by atoms with Crippen molar-refractivity contribution < 1.29 is 18.3 Å². The van der Waals surface area contributed by atoms with Gasteiger partial charge in [-0.05, 0) is 13.8 Å². The maximum absolute atomic E-state index is 11.0. The summed E-state index contributed by atoms with van der Waals surface area (Å²) in [6.45, 7) is 2.93. The Morgan fingerprint density at radius 2 is 2.08 bits per heavy atom. The molecule has 0 saturated heterocycles. The minimum absolute atomic E-state index is 0.974. The van der Waals surface area contributed by atoms with Gasteiger partial charge in [-0.2, -0.15) is 4.72 Å². The summed E-state index contributed by atoms with van der Waals surface area (Å²) in [5, 5.41) is 8.25. The summed E-state index contributed by atoms with van der Waals surface area (Å²) >= 11 is 0. The van der Waals surface area contributed by atoms with Crippen LogP contribution in [0.1, 0.15) is 13.8 Å². The molecule has 13 heavy (non-hydrogen) atoms. The second-order valence-electron chi connectivity index (χ2n) is 3.02. The van der Waals surface area contributed by atoms with E-state index in [1.165, 1.54) is 13.8 Å². The van der Waals surface area contributed by atoms with Gasteiger partial charge in [-0.15, -0.1) is 6.42 Å². The third kappa shape index (κ3) is 5.22. The molecule has 5 nitrogen and oxygen atoms in total. The predicted molar refractivity (Wildman–Crippen MR) is 47.5 cm³/mol. The summed E-state index contributed by atoms with van der Waals surface area (Å²) in [6, 6.07) is 0. The number of hydrogen-bond acceptors (Lipinski definition) is 3. The normalized spacial score (nSPS) is 12.1. The first kappa shape index (κ1) is 11.9. The first-order valence-corrected chi connectivity index (χ1v) is 5.05. The largest absolute Gasteiger partial charge is 0.480 e. The van der Waals surface area contributed by atoms with Crippen LogP contribution in [0.2, 0.25) is 0 Å². The van der Waals surface area contributed by atoms with Crippen molar-refractivity contribution in [1.29, 1.82) is 0 Å². The first-order chi connectivity index (χ1) is 5.68. The van der Waals surface area contributed by atoms with Crippen LogP contribution in [0.3, 0.4) is 0 Å². The van der Waals surface area contributed by atoms with Gasteiger partial charge in [0, 0.05) is 0 Å². The Morgan fingerprint density at radius 3 is 2.38 bits per heavy atom. The van der Waals surface area contributed by atoms with E-state index in [2.05, 4.69) is 10.6 Å². The van der Waals surface area contributed by atoms with Crippen LogP contribution in [-0.2, 0) is 14.8 Å². The Kier molecular flexibility index (Phi) is 3.46. The first-order valence-electron chi connectivity index (χ1n) is 3.40. The number of carbonyl (C=O) groups is 1. The average molecular weight is 205 g/mol. The summed E-state index contributed by atoms with van der Waals surface area (Å²) in [4.78, 5) is 10.1. The number of carboxylic acids is 1. The van der Waals surface area contributed by atoms with E-state index in [4.69, 9.17) is 11.5 Å². The molecule has 0 aromatic carbocycles. The number of terminal acetylenes is 1. The molecule has 0 amide bonds. The van der Waals surface area contributed by atoms with Crippen LogP contribution in [0.15, 0.2) is 0 Å². The van der Waals surface area contributed by atoms with Gasteiger partial charge < -0.3 is 5.11 Å². The van der Waals surface area contributed by atoms with E-state index in [-0.39, 0.29) is 0 Å². The van der Waals surface area contributed by atoms with Crippen LogP contribution >= 0.6 is 0 Å². The molecule has 0 atom stereocenters. The molecule has 0 spiro atoms. The molecule has 0 aliphatic carbocycles. The Morgan fingerprint density at radius 1 is 1.62 bits per heavy atom. The monoisotopic (exact) mass is 205 g/mol. The lowest BCUT2D eigenvalue weighted by molar-refractivity contribution is -0.134. The fraction of sp³-hybridized carbons (Fsp3) is 0.571. The van der Waals surface area contributed by atoms with E-state index in [0.717, 1.165) is 0 Å². The molecule has 0 aliphatic heterocycles. The van der Waals surface area contributed by atoms with Crippen LogP contribution in [-0.4, -0.2) is 30.8 Å². The topological polar surface area (TPSA) is 83.5 Å². The van der Waals surface area contributed by atoms with Crippen molar-refractivity contribution in [2.45, 2.75) is 19.4 Å². The van der Waals surface area contributed by atoms with Gasteiger partial charge >= 0.3 is 5.97 Å². The second-order valence-corrected chi connectivity index (χ2v) is 4.75. The van der Waals surface area contributed by atoms with Crippen molar-refractivity contribution in [1.82, 2.24) is 4.72 Å². The minimum atomic E-state index is -3.84. The highest BCUT2D eigenvalue weighted by Crippen LogP contribution is 2.01. The Hall–Kier alpha value is -1.06. The third-order valence-electron chi connectivity index (χ3n) is 1.08. The molecular formula is C7H11NO4S. The summed E-state index contributed by atoms with van der Waals surface area (Å²) in [6.07, 6.45) is 5.02. The lowest BCUT2D eigenvalue weighted by Crippen LogP contribution is -2.44. The van der Waals surface area contributed by atoms with Gasteiger partial charge in [0.1, 0.15) is 0 Å². The SMILES string of the molecule is C#CC(C)(C)NS(=O)(=O)CC(=O)O. The zero-order valence-corrected chi connectivity index (χ0v) is 8.18. The van der Waals surface area contributed by atoms with Gasteiger partial charge in [-0.1, -0.05) is 5.92 Å². The maximum atomic E-state index is 11.0. The van der Waals surface area contributed by atoms with Crippen molar-refractivity contribution in [3.05, 3.63) is 0 Å². The highest BCUT2D eigenvalue weighted by Gasteiger charge is 2.24. The molecule has 0 saturated carbocycles. The van der Waals surface area contributed by atoms with Crippen molar-refractivity contribution in [3.63, 3.8) is 0 Å². The Bertz CT molecular complexity index is 336. The van der Waals surface area contributed by atoms with Crippen LogP contribution < -0.4 is 4.72 Å². The molecule has 0 fully saturated rings. The predicted octanol–water partition coefficient (Wildman–Crippen LogP) is -0.598. The molecule has 0 aliphatic rings. The van der Waals surface area contributed by atoms with Gasteiger partial charge in [0.05, 0.1) is 5.54 Å². The molecule has 6 heteroatoms. The van der Waals surface area contributed by atoms with Gasteiger partial charge in [0.2, 0.25) is 10.0 Å². The van der Waals surface area contributed by atoms with Crippen LogP contribution in [0.5, 0.6) is 0 Å². The molecule has 0 bridgehead atoms.